The number of esters is 1. The molecule has 4 atom stereocenters. The third-order valence-electron chi connectivity index (χ3n) is 6.47. The van der Waals surface area contributed by atoms with E-state index < -0.39 is 5.41 Å². The number of likely N-dealkylation sites (tertiary alicyclic amines) is 1. The number of piperidine rings is 1. The third-order valence-corrected chi connectivity index (χ3v) is 6.80. The van der Waals surface area contributed by atoms with Crippen LogP contribution in [0.15, 0.2) is 24.3 Å². The fourth-order valence-electron chi connectivity index (χ4n) is 5.29. The Balaban J connectivity index is 1.93. The molecule has 1 aliphatic heterocycles. The summed E-state index contributed by atoms with van der Waals surface area (Å²) in [5, 5.41) is 0.872. The summed E-state index contributed by atoms with van der Waals surface area (Å²) in [5.41, 5.74) is 1.72. The first-order chi connectivity index (χ1) is 12.9. The zero-order valence-corrected chi connectivity index (χ0v) is 16.7. The molecule has 0 bridgehead atoms. The largest absolute Gasteiger partial charge is 0.469 e. The van der Waals surface area contributed by atoms with Crippen LogP contribution in [0.2, 0.25) is 0 Å². The molecule has 0 radical (unpaired) electrons. The number of para-hydroxylation sites is 1. The van der Waals surface area contributed by atoms with Gasteiger partial charge in [-0.2, -0.15) is 0 Å². The second-order valence-corrected chi connectivity index (χ2v) is 8.81. The van der Waals surface area contributed by atoms with Crippen molar-refractivity contribution in [1.82, 2.24) is 9.88 Å². The second kappa shape index (κ2) is 6.64. The molecule has 1 N–H and O–H groups in total. The molecule has 0 spiro atoms. The van der Waals surface area contributed by atoms with Gasteiger partial charge in [0.2, 0.25) is 0 Å². The summed E-state index contributed by atoms with van der Waals surface area (Å²) in [6, 6.07) is 7.89. The summed E-state index contributed by atoms with van der Waals surface area (Å²) in [7, 11) is 3.45. The summed E-state index contributed by atoms with van der Waals surface area (Å²) in [6.45, 7) is 3.30. The summed E-state index contributed by atoms with van der Waals surface area (Å²) >= 11 is 6.54. The van der Waals surface area contributed by atoms with Crippen molar-refractivity contribution in [3.63, 3.8) is 0 Å². The maximum atomic E-state index is 13.2. The highest BCUT2D eigenvalue weighted by Crippen LogP contribution is 2.49. The highest BCUT2D eigenvalue weighted by atomic mass is 35.5. The monoisotopic (exact) mass is 388 g/mol. The zero-order chi connectivity index (χ0) is 19.3. The highest BCUT2D eigenvalue weighted by molar-refractivity contribution is 6.20. The van der Waals surface area contributed by atoms with Gasteiger partial charge in [0, 0.05) is 35.8 Å². The van der Waals surface area contributed by atoms with Gasteiger partial charge in [-0.25, -0.2) is 0 Å². The van der Waals surface area contributed by atoms with Crippen LogP contribution in [0, 0.1) is 17.3 Å². The minimum atomic E-state index is -0.776. The minimum Gasteiger partial charge on any atom is -0.469 e. The first kappa shape index (κ1) is 18.5. The molecule has 1 saturated heterocycles. The lowest BCUT2D eigenvalue weighted by Gasteiger charge is -2.49. The Kier molecular flexibility index (Phi) is 4.55. The number of H-pyrrole nitrogens is 1. The number of carbonyl (C=O) groups is 2. The van der Waals surface area contributed by atoms with E-state index in [0.29, 0.717) is 25.1 Å². The number of aromatic nitrogens is 1. The van der Waals surface area contributed by atoms with E-state index in [-0.39, 0.29) is 29.0 Å². The van der Waals surface area contributed by atoms with Crippen molar-refractivity contribution in [3.8, 4) is 0 Å². The third kappa shape index (κ3) is 2.79. The average molecular weight is 389 g/mol. The van der Waals surface area contributed by atoms with Crippen LogP contribution in [-0.2, 0) is 16.0 Å². The van der Waals surface area contributed by atoms with Gasteiger partial charge >= 0.3 is 5.97 Å². The van der Waals surface area contributed by atoms with E-state index in [4.69, 9.17) is 16.3 Å². The lowest BCUT2D eigenvalue weighted by molar-refractivity contribution is -0.163. The predicted octanol–water partition coefficient (Wildman–Crippen LogP) is 3.26. The van der Waals surface area contributed by atoms with Gasteiger partial charge in [0.1, 0.15) is 0 Å². The number of hydrogen-bond acceptors (Lipinski definition) is 4. The summed E-state index contributed by atoms with van der Waals surface area (Å²) in [5.74, 6) is -0.277. The Bertz CT molecular complexity index is 906. The smallest absolute Gasteiger partial charge is 0.313 e. The number of aromatic amines is 1. The lowest BCUT2D eigenvalue weighted by Crippen LogP contribution is -2.58. The molecule has 0 unspecified atom stereocenters. The highest BCUT2D eigenvalue weighted by Gasteiger charge is 2.56. The quantitative estimate of drug-likeness (QED) is 0.633. The normalized spacial score (nSPS) is 29.7. The number of nitrogens with zero attached hydrogens (tertiary/aromatic N) is 1. The molecule has 6 heteroatoms. The molecule has 1 fully saturated rings. The number of hydrogen-bond donors (Lipinski definition) is 1. The van der Waals surface area contributed by atoms with Crippen molar-refractivity contribution < 1.29 is 14.3 Å². The van der Waals surface area contributed by atoms with Gasteiger partial charge in [-0.3, -0.25) is 9.59 Å². The van der Waals surface area contributed by atoms with Crippen LogP contribution >= 0.6 is 11.6 Å². The van der Waals surface area contributed by atoms with E-state index >= 15 is 0 Å². The van der Waals surface area contributed by atoms with Gasteiger partial charge in [-0.1, -0.05) is 18.2 Å². The molecule has 4 rings (SSSR count). The molecule has 1 aliphatic carbocycles. The number of halogens is 1. The van der Waals surface area contributed by atoms with Crippen molar-refractivity contribution in [2.75, 3.05) is 27.2 Å². The second-order valence-electron chi connectivity index (χ2n) is 8.12. The maximum Gasteiger partial charge on any atom is 0.313 e. The lowest BCUT2D eigenvalue weighted by atomic mass is 9.62. The van der Waals surface area contributed by atoms with Gasteiger partial charge in [-0.05, 0) is 43.9 Å². The van der Waals surface area contributed by atoms with Gasteiger partial charge in [0.15, 0.2) is 5.78 Å². The molecular formula is C21H25ClN2O3. The van der Waals surface area contributed by atoms with Gasteiger partial charge in [0.05, 0.1) is 18.2 Å². The summed E-state index contributed by atoms with van der Waals surface area (Å²) < 4.78 is 5.29. The summed E-state index contributed by atoms with van der Waals surface area (Å²) in [6.07, 6.45) is 0.796. The molecule has 0 saturated carbocycles. The predicted molar refractivity (Wildman–Crippen MR) is 105 cm³/mol. The zero-order valence-electron chi connectivity index (χ0n) is 15.9. The number of fused-ring (bicyclic) bond motifs is 4. The molecule has 144 valence electrons. The Morgan fingerprint density at radius 1 is 1.41 bits per heavy atom. The van der Waals surface area contributed by atoms with E-state index in [2.05, 4.69) is 9.88 Å². The minimum absolute atomic E-state index is 0.0451. The van der Waals surface area contributed by atoms with E-state index in [1.165, 1.54) is 7.11 Å². The van der Waals surface area contributed by atoms with Crippen molar-refractivity contribution in [3.05, 3.63) is 35.5 Å². The Hall–Kier alpha value is -1.85. The van der Waals surface area contributed by atoms with E-state index in [9.17, 15) is 9.59 Å². The van der Waals surface area contributed by atoms with E-state index in [1.54, 1.807) is 0 Å². The molecule has 5 nitrogen and oxygen atoms in total. The van der Waals surface area contributed by atoms with Crippen molar-refractivity contribution in [1.29, 1.82) is 0 Å². The first-order valence-electron chi connectivity index (χ1n) is 9.41. The molecule has 0 amide bonds. The fraction of sp³-hybridized carbons (Fsp3) is 0.524. The molecule has 1 aromatic carbocycles. The molecule has 27 heavy (non-hydrogen) atoms. The van der Waals surface area contributed by atoms with Crippen LogP contribution in [0.3, 0.4) is 0 Å². The maximum absolute atomic E-state index is 13.2. The van der Waals surface area contributed by atoms with Crippen molar-refractivity contribution in [2.24, 2.45) is 17.3 Å². The van der Waals surface area contributed by atoms with Crippen LogP contribution in [0.4, 0.5) is 0 Å². The van der Waals surface area contributed by atoms with E-state index in [1.807, 2.05) is 38.2 Å². The number of rotatable bonds is 2. The van der Waals surface area contributed by atoms with Gasteiger partial charge in [-0.15, -0.1) is 11.6 Å². The van der Waals surface area contributed by atoms with E-state index in [0.717, 1.165) is 23.0 Å². The topological polar surface area (TPSA) is 62.4 Å². The number of ketones is 1. The number of ether oxygens (including phenoxy) is 1. The van der Waals surface area contributed by atoms with Crippen LogP contribution in [0.1, 0.15) is 29.4 Å². The number of carbonyl (C=O) groups excluding carboxylic acids is 2. The Morgan fingerprint density at radius 2 is 2.15 bits per heavy atom. The molecule has 2 aliphatic rings. The average Bonchev–Trinajstić information content (AvgIpc) is 2.95. The molecule has 2 heterocycles. The summed E-state index contributed by atoms with van der Waals surface area (Å²) in [4.78, 5) is 31.8. The van der Waals surface area contributed by atoms with Crippen LogP contribution in [-0.4, -0.2) is 54.3 Å². The van der Waals surface area contributed by atoms with Crippen LogP contribution < -0.4 is 0 Å². The number of methoxy groups -OCH3 is 1. The molecule has 1 aromatic heterocycles. The van der Waals surface area contributed by atoms with Crippen molar-refractivity contribution in [2.45, 2.75) is 25.1 Å². The Labute approximate surface area is 164 Å². The number of Topliss-reactive ketones (excluding diaryl/α,β-unsaturated/α-hetero) is 1. The number of nitrogens with one attached hydrogen (secondary N) is 1. The SMILES string of the molecule is COC(=O)[C@]12Cc3c([nH]c4ccccc34)C(=O)C[C@H]1[C@@H]([C@H](C)Cl)CN(C)C2. The Morgan fingerprint density at radius 3 is 2.85 bits per heavy atom. The van der Waals surface area contributed by atoms with Gasteiger partial charge < -0.3 is 14.6 Å². The molecule has 2 aromatic rings. The fourth-order valence-corrected chi connectivity index (χ4v) is 5.55. The number of alkyl halides is 1. The first-order valence-corrected chi connectivity index (χ1v) is 9.85. The number of benzene rings is 1. The van der Waals surface area contributed by atoms with Gasteiger partial charge in [0.25, 0.3) is 0 Å². The molecular weight excluding hydrogens is 364 g/mol. The standard InChI is InChI=1S/C21H25ClN2O3/c1-12(22)15-10-24(2)11-21(20(26)27-3)9-14-13-6-4-5-7-17(13)23-19(14)18(25)8-16(15)21/h4-7,12,15-16,23H,8-11H2,1-3H3/t12-,15+,16-,21-/m0/s1. The van der Waals surface area contributed by atoms with Crippen molar-refractivity contribution >= 4 is 34.3 Å². The van der Waals surface area contributed by atoms with Crippen LogP contribution in [0.25, 0.3) is 10.9 Å². The van der Waals surface area contributed by atoms with Crippen LogP contribution in [0.5, 0.6) is 0 Å².